The van der Waals surface area contributed by atoms with Crippen LogP contribution in [0.25, 0.3) is 0 Å². The molecule has 142 valence electrons. The van der Waals surface area contributed by atoms with Crippen LogP contribution in [0.3, 0.4) is 0 Å². The molecule has 0 aliphatic carbocycles. The van der Waals surface area contributed by atoms with Gasteiger partial charge in [0.1, 0.15) is 12.4 Å². The van der Waals surface area contributed by atoms with E-state index < -0.39 is 0 Å². The third-order valence-electron chi connectivity index (χ3n) is 4.71. The summed E-state index contributed by atoms with van der Waals surface area (Å²) in [5.41, 5.74) is 0. The number of rotatable bonds is 7. The molecule has 0 radical (unpaired) electrons. The Morgan fingerprint density at radius 2 is 2.38 bits per heavy atom. The van der Waals surface area contributed by atoms with Crippen LogP contribution in [0, 0.1) is 12.8 Å². The zero-order valence-corrected chi connectivity index (χ0v) is 16.6. The van der Waals surface area contributed by atoms with Gasteiger partial charge in [-0.15, -0.1) is 21.5 Å². The lowest BCUT2D eigenvalue weighted by Crippen LogP contribution is -2.42. The van der Waals surface area contributed by atoms with Crippen molar-refractivity contribution in [1.29, 1.82) is 0 Å². The van der Waals surface area contributed by atoms with Crippen molar-refractivity contribution in [2.45, 2.75) is 26.3 Å². The van der Waals surface area contributed by atoms with Crippen LogP contribution < -0.4 is 5.32 Å². The Bertz CT molecular complexity index is 705. The molecule has 3 heterocycles. The molecule has 26 heavy (non-hydrogen) atoms. The summed E-state index contributed by atoms with van der Waals surface area (Å²) in [6, 6.07) is 4.27. The average Bonchev–Trinajstić information content (AvgIpc) is 3.37. The van der Waals surface area contributed by atoms with E-state index in [9.17, 15) is 0 Å². The Hall–Kier alpha value is -1.93. The molecule has 1 aliphatic rings. The van der Waals surface area contributed by atoms with Crippen molar-refractivity contribution < 1.29 is 4.74 Å². The van der Waals surface area contributed by atoms with Crippen LogP contribution in [0.5, 0.6) is 0 Å². The van der Waals surface area contributed by atoms with E-state index in [1.54, 1.807) is 11.3 Å². The number of aryl methyl sites for hydroxylation is 1. The van der Waals surface area contributed by atoms with Gasteiger partial charge in [-0.1, -0.05) is 6.07 Å². The number of hydrogen-bond acceptors (Lipinski definition) is 5. The van der Waals surface area contributed by atoms with Gasteiger partial charge < -0.3 is 19.5 Å². The molecule has 1 saturated heterocycles. The largest absolute Gasteiger partial charge is 0.381 e. The second-order valence-corrected chi connectivity index (χ2v) is 7.76. The molecule has 1 N–H and O–H groups in total. The zero-order valence-electron chi connectivity index (χ0n) is 15.8. The summed E-state index contributed by atoms with van der Waals surface area (Å²) in [6.07, 6.45) is 2.12. The van der Waals surface area contributed by atoms with Crippen LogP contribution in [-0.4, -0.2) is 59.0 Å². The monoisotopic (exact) mass is 376 g/mol. The summed E-state index contributed by atoms with van der Waals surface area (Å²) in [5.74, 6) is 3.26. The van der Waals surface area contributed by atoms with E-state index in [1.165, 1.54) is 4.88 Å². The van der Waals surface area contributed by atoms with Crippen molar-refractivity contribution in [2.75, 3.05) is 33.4 Å². The molecular formula is C18H28N6OS. The van der Waals surface area contributed by atoms with Crippen molar-refractivity contribution in [3.8, 4) is 0 Å². The Labute approximate surface area is 159 Å². The van der Waals surface area contributed by atoms with Crippen LogP contribution in [-0.2, 0) is 24.8 Å². The van der Waals surface area contributed by atoms with Crippen molar-refractivity contribution in [2.24, 2.45) is 18.0 Å². The van der Waals surface area contributed by atoms with Crippen LogP contribution >= 0.6 is 11.3 Å². The molecule has 0 bridgehead atoms. The maximum atomic E-state index is 5.51. The molecule has 7 nitrogen and oxygen atoms in total. The van der Waals surface area contributed by atoms with Gasteiger partial charge in [0.15, 0.2) is 11.8 Å². The summed E-state index contributed by atoms with van der Waals surface area (Å²) < 4.78 is 7.49. The topological polar surface area (TPSA) is 67.6 Å². The minimum Gasteiger partial charge on any atom is -0.381 e. The SMILES string of the molecule is Cc1nnc(CN=C(NCCc2cccs2)N(C)CC2CCOC2)n1C. The minimum atomic E-state index is 0.518. The Balaban J connectivity index is 1.62. The highest BCUT2D eigenvalue weighted by Crippen LogP contribution is 2.13. The molecule has 0 saturated carbocycles. The normalized spacial score (nSPS) is 17.7. The Morgan fingerprint density at radius 1 is 1.50 bits per heavy atom. The Kier molecular flexibility index (Phi) is 6.62. The van der Waals surface area contributed by atoms with Gasteiger partial charge in [0, 0.05) is 44.6 Å². The average molecular weight is 377 g/mol. The van der Waals surface area contributed by atoms with Crippen LogP contribution in [0.2, 0.25) is 0 Å². The molecular weight excluding hydrogens is 348 g/mol. The molecule has 0 amide bonds. The second-order valence-electron chi connectivity index (χ2n) is 6.73. The fraction of sp³-hybridized carbons (Fsp3) is 0.611. The van der Waals surface area contributed by atoms with Crippen molar-refractivity contribution >= 4 is 17.3 Å². The number of guanidine groups is 1. The molecule has 1 fully saturated rings. The van der Waals surface area contributed by atoms with E-state index in [-0.39, 0.29) is 0 Å². The summed E-state index contributed by atoms with van der Waals surface area (Å²) in [5, 5.41) is 14.0. The highest BCUT2D eigenvalue weighted by molar-refractivity contribution is 7.09. The number of ether oxygens (including phenoxy) is 1. The van der Waals surface area contributed by atoms with Crippen LogP contribution in [0.1, 0.15) is 22.9 Å². The lowest BCUT2D eigenvalue weighted by molar-refractivity contribution is 0.181. The van der Waals surface area contributed by atoms with Crippen molar-refractivity contribution in [3.05, 3.63) is 34.0 Å². The standard InChI is InChI=1S/C18H28N6OS/c1-14-21-22-17(24(14)3)11-20-18(19-8-6-16-5-4-10-26-16)23(2)12-15-7-9-25-13-15/h4-5,10,15H,6-9,11-13H2,1-3H3,(H,19,20). The van der Waals surface area contributed by atoms with Gasteiger partial charge in [-0.05, 0) is 31.2 Å². The minimum absolute atomic E-state index is 0.518. The quantitative estimate of drug-likeness (QED) is 0.590. The number of aliphatic imine (C=N–C) groups is 1. The van der Waals surface area contributed by atoms with Crippen molar-refractivity contribution in [3.63, 3.8) is 0 Å². The first-order chi connectivity index (χ1) is 12.6. The molecule has 3 rings (SSSR count). The highest BCUT2D eigenvalue weighted by atomic mass is 32.1. The van der Waals surface area contributed by atoms with Gasteiger partial charge in [0.05, 0.1) is 6.61 Å². The van der Waals surface area contributed by atoms with Gasteiger partial charge in [-0.25, -0.2) is 4.99 Å². The number of nitrogens with one attached hydrogen (secondary N) is 1. The molecule has 0 aromatic carbocycles. The lowest BCUT2D eigenvalue weighted by atomic mass is 10.1. The first-order valence-corrected chi connectivity index (χ1v) is 9.96. The lowest BCUT2D eigenvalue weighted by Gasteiger charge is -2.25. The molecule has 1 atom stereocenters. The summed E-state index contributed by atoms with van der Waals surface area (Å²) in [4.78, 5) is 8.39. The number of hydrogen-bond donors (Lipinski definition) is 1. The van der Waals surface area contributed by atoms with Gasteiger partial charge in [0.25, 0.3) is 0 Å². The third-order valence-corrected chi connectivity index (χ3v) is 5.64. The predicted octanol–water partition coefficient (Wildman–Crippen LogP) is 1.84. The number of thiophene rings is 1. The molecule has 0 spiro atoms. The predicted molar refractivity (Wildman–Crippen MR) is 104 cm³/mol. The Morgan fingerprint density at radius 3 is 3.04 bits per heavy atom. The van der Waals surface area contributed by atoms with Gasteiger partial charge in [0.2, 0.25) is 0 Å². The van der Waals surface area contributed by atoms with Gasteiger partial charge >= 0.3 is 0 Å². The van der Waals surface area contributed by atoms with E-state index in [0.29, 0.717) is 12.5 Å². The number of nitrogens with zero attached hydrogens (tertiary/aromatic N) is 5. The van der Waals surface area contributed by atoms with Crippen LogP contribution in [0.15, 0.2) is 22.5 Å². The summed E-state index contributed by atoms with van der Waals surface area (Å²) >= 11 is 1.79. The molecule has 2 aromatic heterocycles. The first kappa shape index (κ1) is 18.8. The van der Waals surface area contributed by atoms with E-state index in [4.69, 9.17) is 9.73 Å². The molecule has 2 aromatic rings. The maximum absolute atomic E-state index is 5.51. The fourth-order valence-corrected chi connectivity index (χ4v) is 3.71. The number of aromatic nitrogens is 3. The molecule has 1 unspecified atom stereocenters. The van der Waals surface area contributed by atoms with E-state index in [1.807, 2.05) is 18.5 Å². The van der Waals surface area contributed by atoms with E-state index in [0.717, 1.165) is 56.8 Å². The van der Waals surface area contributed by atoms with Crippen LogP contribution in [0.4, 0.5) is 0 Å². The van der Waals surface area contributed by atoms with Crippen molar-refractivity contribution in [1.82, 2.24) is 25.0 Å². The van der Waals surface area contributed by atoms with Gasteiger partial charge in [-0.2, -0.15) is 0 Å². The smallest absolute Gasteiger partial charge is 0.194 e. The van der Waals surface area contributed by atoms with E-state index in [2.05, 4.69) is 45.0 Å². The zero-order chi connectivity index (χ0) is 18.4. The fourth-order valence-electron chi connectivity index (χ4n) is 3.00. The van der Waals surface area contributed by atoms with Gasteiger partial charge in [-0.3, -0.25) is 0 Å². The summed E-state index contributed by atoms with van der Waals surface area (Å²) in [7, 11) is 4.07. The second kappa shape index (κ2) is 9.14. The third kappa shape index (κ3) is 5.04. The maximum Gasteiger partial charge on any atom is 0.194 e. The molecule has 1 aliphatic heterocycles. The molecule has 8 heteroatoms. The summed E-state index contributed by atoms with van der Waals surface area (Å²) in [6.45, 7) is 5.99. The highest BCUT2D eigenvalue weighted by Gasteiger charge is 2.19. The first-order valence-electron chi connectivity index (χ1n) is 9.08. The van der Waals surface area contributed by atoms with E-state index >= 15 is 0 Å².